The van der Waals surface area contributed by atoms with Crippen molar-refractivity contribution in [2.45, 2.75) is 26.1 Å². The van der Waals surface area contributed by atoms with E-state index in [0.29, 0.717) is 31.3 Å². The molecule has 2 amide bonds. The van der Waals surface area contributed by atoms with E-state index in [0.717, 1.165) is 36.4 Å². The lowest BCUT2D eigenvalue weighted by Crippen LogP contribution is -2.38. The highest BCUT2D eigenvalue weighted by molar-refractivity contribution is 7.13. The molecule has 27 heavy (non-hydrogen) atoms. The second-order valence-electron chi connectivity index (χ2n) is 6.54. The molecule has 1 aliphatic rings. The molecule has 2 heterocycles. The molecule has 0 bridgehead atoms. The van der Waals surface area contributed by atoms with Gasteiger partial charge in [-0.05, 0) is 31.0 Å². The number of amides is 2. The molecule has 0 atom stereocenters. The van der Waals surface area contributed by atoms with Gasteiger partial charge in [-0.25, -0.2) is 9.78 Å². The van der Waals surface area contributed by atoms with Crippen molar-refractivity contribution in [3.63, 3.8) is 0 Å². The van der Waals surface area contributed by atoms with Gasteiger partial charge in [0.25, 0.3) is 0 Å². The van der Waals surface area contributed by atoms with Crippen LogP contribution < -0.4 is 5.32 Å². The number of alkyl halides is 3. The van der Waals surface area contributed by atoms with Crippen molar-refractivity contribution >= 4 is 22.5 Å². The zero-order valence-corrected chi connectivity index (χ0v) is 15.7. The quantitative estimate of drug-likeness (QED) is 0.843. The highest BCUT2D eigenvalue weighted by Gasteiger charge is 2.30. The average Bonchev–Trinajstić information content (AvgIpc) is 2.88. The number of anilines is 1. The normalized spacial score (nSPS) is 16.2. The minimum absolute atomic E-state index is 0.166. The van der Waals surface area contributed by atoms with Gasteiger partial charge in [0.1, 0.15) is 0 Å². The average molecular weight is 398 g/mol. The first-order valence-corrected chi connectivity index (χ1v) is 9.56. The summed E-state index contributed by atoms with van der Waals surface area (Å²) >= 11 is 1.39. The van der Waals surface area contributed by atoms with E-state index >= 15 is 0 Å². The number of halogens is 3. The fourth-order valence-corrected chi connectivity index (χ4v) is 3.65. The Kier molecular flexibility index (Phi) is 6.01. The van der Waals surface area contributed by atoms with Crippen LogP contribution in [-0.4, -0.2) is 47.0 Å². The molecule has 0 unspecified atom stereocenters. The van der Waals surface area contributed by atoms with Crippen molar-refractivity contribution in [1.82, 2.24) is 14.8 Å². The standard InChI is InChI=1S/C18H21F3N4OS/c1-13-12-27-16(22-13)23-17(26)25-8-2-7-24(9-10-25)11-14-3-5-15(6-4-14)18(19,20)21/h3-6,12H,2,7-11H2,1H3,(H,22,23,26). The van der Waals surface area contributed by atoms with Gasteiger partial charge in [-0.2, -0.15) is 13.2 Å². The highest BCUT2D eigenvalue weighted by Crippen LogP contribution is 2.29. The predicted molar refractivity (Wildman–Crippen MR) is 98.8 cm³/mol. The van der Waals surface area contributed by atoms with Crippen molar-refractivity contribution in [2.75, 3.05) is 31.5 Å². The van der Waals surface area contributed by atoms with Gasteiger partial charge in [-0.3, -0.25) is 10.2 Å². The molecule has 146 valence electrons. The van der Waals surface area contributed by atoms with E-state index in [4.69, 9.17) is 0 Å². The lowest BCUT2D eigenvalue weighted by Gasteiger charge is -2.22. The van der Waals surface area contributed by atoms with Gasteiger partial charge in [0.15, 0.2) is 5.13 Å². The van der Waals surface area contributed by atoms with Crippen LogP contribution in [-0.2, 0) is 12.7 Å². The molecule has 2 aromatic rings. The Hall–Kier alpha value is -2.13. The van der Waals surface area contributed by atoms with Crippen LogP contribution in [0.2, 0.25) is 0 Å². The molecule has 0 aliphatic carbocycles. The molecule has 1 saturated heterocycles. The van der Waals surface area contributed by atoms with Gasteiger partial charge >= 0.3 is 12.2 Å². The molecule has 1 aromatic heterocycles. The van der Waals surface area contributed by atoms with E-state index in [-0.39, 0.29) is 6.03 Å². The van der Waals surface area contributed by atoms with Crippen LogP contribution >= 0.6 is 11.3 Å². The number of carbonyl (C=O) groups excluding carboxylic acids is 1. The molecule has 0 saturated carbocycles. The molecule has 1 aliphatic heterocycles. The Bertz CT molecular complexity index is 776. The minimum atomic E-state index is -4.31. The van der Waals surface area contributed by atoms with Gasteiger partial charge in [-0.1, -0.05) is 12.1 Å². The van der Waals surface area contributed by atoms with Crippen LogP contribution in [0.15, 0.2) is 29.6 Å². The van der Waals surface area contributed by atoms with Crippen LogP contribution in [0, 0.1) is 6.92 Å². The maximum Gasteiger partial charge on any atom is 0.416 e. The minimum Gasteiger partial charge on any atom is -0.323 e. The van der Waals surface area contributed by atoms with Gasteiger partial charge in [0, 0.05) is 38.1 Å². The summed E-state index contributed by atoms with van der Waals surface area (Å²) in [6.07, 6.45) is -3.50. The predicted octanol–water partition coefficient (Wildman–Crippen LogP) is 4.21. The third kappa shape index (κ3) is 5.43. The van der Waals surface area contributed by atoms with Crippen LogP contribution in [0.25, 0.3) is 0 Å². The number of nitrogens with zero attached hydrogens (tertiary/aromatic N) is 3. The first kappa shape index (κ1) is 19.6. The van der Waals surface area contributed by atoms with Crippen molar-refractivity contribution in [3.8, 4) is 0 Å². The number of carbonyl (C=O) groups is 1. The maximum atomic E-state index is 12.7. The summed E-state index contributed by atoms with van der Waals surface area (Å²) in [7, 11) is 0. The van der Waals surface area contributed by atoms with E-state index in [9.17, 15) is 18.0 Å². The van der Waals surface area contributed by atoms with E-state index in [1.165, 1.54) is 23.5 Å². The number of thiazole rings is 1. The Labute approximate surface area is 159 Å². The highest BCUT2D eigenvalue weighted by atomic mass is 32.1. The number of benzene rings is 1. The van der Waals surface area contributed by atoms with E-state index in [1.807, 2.05) is 12.3 Å². The number of aromatic nitrogens is 1. The third-order valence-corrected chi connectivity index (χ3v) is 5.27. The largest absolute Gasteiger partial charge is 0.416 e. The number of nitrogens with one attached hydrogen (secondary N) is 1. The molecule has 9 heteroatoms. The summed E-state index contributed by atoms with van der Waals surface area (Å²) in [6, 6.07) is 5.10. The van der Waals surface area contributed by atoms with Crippen LogP contribution in [0.3, 0.4) is 0 Å². The second-order valence-corrected chi connectivity index (χ2v) is 7.39. The van der Waals surface area contributed by atoms with Gasteiger partial charge in [0.2, 0.25) is 0 Å². The molecule has 3 rings (SSSR count). The fraction of sp³-hybridized carbons (Fsp3) is 0.444. The first-order chi connectivity index (χ1) is 12.8. The Morgan fingerprint density at radius 3 is 2.56 bits per heavy atom. The SMILES string of the molecule is Cc1csc(NC(=O)N2CCCN(Cc3ccc(C(F)(F)F)cc3)CC2)n1. The Morgan fingerprint density at radius 1 is 1.19 bits per heavy atom. The monoisotopic (exact) mass is 398 g/mol. The van der Waals surface area contributed by atoms with Crippen LogP contribution in [0.4, 0.5) is 23.1 Å². The van der Waals surface area contributed by atoms with Crippen molar-refractivity contribution in [1.29, 1.82) is 0 Å². The maximum absolute atomic E-state index is 12.7. The topological polar surface area (TPSA) is 48.5 Å². The zero-order chi connectivity index (χ0) is 19.4. The number of hydrogen-bond acceptors (Lipinski definition) is 4. The molecular formula is C18H21F3N4OS. The molecule has 0 radical (unpaired) electrons. The number of aryl methyl sites for hydroxylation is 1. The fourth-order valence-electron chi connectivity index (χ4n) is 2.97. The zero-order valence-electron chi connectivity index (χ0n) is 14.9. The number of hydrogen-bond donors (Lipinski definition) is 1. The smallest absolute Gasteiger partial charge is 0.323 e. The summed E-state index contributed by atoms with van der Waals surface area (Å²) < 4.78 is 38.0. The molecular weight excluding hydrogens is 377 g/mol. The summed E-state index contributed by atoms with van der Waals surface area (Å²) in [5.74, 6) is 0. The van der Waals surface area contributed by atoms with Crippen LogP contribution in [0.1, 0.15) is 23.2 Å². The molecule has 5 nitrogen and oxygen atoms in total. The van der Waals surface area contributed by atoms with Crippen molar-refractivity contribution in [2.24, 2.45) is 0 Å². The van der Waals surface area contributed by atoms with E-state index in [1.54, 1.807) is 4.90 Å². The van der Waals surface area contributed by atoms with Gasteiger partial charge in [-0.15, -0.1) is 11.3 Å². The number of urea groups is 1. The van der Waals surface area contributed by atoms with E-state index in [2.05, 4.69) is 15.2 Å². The van der Waals surface area contributed by atoms with Crippen molar-refractivity contribution < 1.29 is 18.0 Å². The lowest BCUT2D eigenvalue weighted by atomic mass is 10.1. The van der Waals surface area contributed by atoms with Gasteiger partial charge in [0.05, 0.1) is 11.3 Å². The summed E-state index contributed by atoms with van der Waals surface area (Å²) in [5.41, 5.74) is 1.07. The first-order valence-electron chi connectivity index (χ1n) is 8.68. The summed E-state index contributed by atoms with van der Waals surface area (Å²) in [5, 5.41) is 5.28. The Balaban J connectivity index is 1.53. The summed E-state index contributed by atoms with van der Waals surface area (Å²) in [6.45, 7) is 5.11. The van der Waals surface area contributed by atoms with Crippen LogP contribution in [0.5, 0.6) is 0 Å². The molecule has 1 fully saturated rings. The lowest BCUT2D eigenvalue weighted by molar-refractivity contribution is -0.137. The van der Waals surface area contributed by atoms with Crippen molar-refractivity contribution in [3.05, 3.63) is 46.5 Å². The molecule has 1 aromatic carbocycles. The van der Waals surface area contributed by atoms with Gasteiger partial charge < -0.3 is 4.90 Å². The Morgan fingerprint density at radius 2 is 1.93 bits per heavy atom. The van der Waals surface area contributed by atoms with E-state index < -0.39 is 11.7 Å². The molecule has 0 spiro atoms. The second kappa shape index (κ2) is 8.26. The summed E-state index contributed by atoms with van der Waals surface area (Å²) in [4.78, 5) is 20.5. The molecule has 1 N–H and O–H groups in total. The third-order valence-electron chi connectivity index (χ3n) is 4.40. The number of rotatable bonds is 3.